The van der Waals surface area contributed by atoms with Crippen LogP contribution in [0.1, 0.15) is 24.0 Å². The van der Waals surface area contributed by atoms with E-state index in [4.69, 9.17) is 5.73 Å². The molecule has 0 amide bonds. The Morgan fingerprint density at radius 3 is 2.40 bits per heavy atom. The highest BCUT2D eigenvalue weighted by atomic mass is 16.1. The zero-order chi connectivity index (χ0) is 10.9. The smallest absolute Gasteiger partial charge is 0.144 e. The third-order valence-electron chi connectivity index (χ3n) is 3.32. The molecule has 0 heterocycles. The van der Waals surface area contributed by atoms with Crippen LogP contribution in [0, 0.1) is 12.3 Å². The summed E-state index contributed by atoms with van der Waals surface area (Å²) in [5.41, 5.74) is 7.79. The normalized spacial score (nSPS) is 17.5. The van der Waals surface area contributed by atoms with Gasteiger partial charge in [0.1, 0.15) is 5.78 Å². The molecule has 2 N–H and O–H groups in total. The Morgan fingerprint density at radius 1 is 1.33 bits per heavy atom. The minimum Gasteiger partial charge on any atom is -0.329 e. The Kier molecular flexibility index (Phi) is 2.61. The lowest BCUT2D eigenvalue weighted by molar-refractivity contribution is -0.123. The van der Waals surface area contributed by atoms with Crippen LogP contribution in [0.3, 0.4) is 0 Å². The fourth-order valence-corrected chi connectivity index (χ4v) is 1.83. The van der Waals surface area contributed by atoms with Crippen LogP contribution in [0.5, 0.6) is 0 Å². The van der Waals surface area contributed by atoms with Crippen LogP contribution in [0.25, 0.3) is 0 Å². The molecule has 2 nitrogen and oxygen atoms in total. The van der Waals surface area contributed by atoms with Gasteiger partial charge in [-0.15, -0.1) is 0 Å². The van der Waals surface area contributed by atoms with E-state index in [1.165, 1.54) is 5.56 Å². The number of carbonyl (C=O) groups excluding carboxylic acids is 1. The molecule has 0 aromatic heterocycles. The van der Waals surface area contributed by atoms with Gasteiger partial charge in [-0.3, -0.25) is 4.79 Å². The first-order valence-electron chi connectivity index (χ1n) is 5.45. The van der Waals surface area contributed by atoms with E-state index >= 15 is 0 Å². The standard InChI is InChI=1S/C13H17NO/c1-10-2-4-11(5-3-10)8-12(15)13(9-14)6-7-13/h2-5H,6-9,14H2,1H3. The molecule has 1 aromatic carbocycles. The first kappa shape index (κ1) is 10.4. The van der Waals surface area contributed by atoms with Gasteiger partial charge in [0.05, 0.1) is 0 Å². The molecule has 2 heteroatoms. The maximum atomic E-state index is 11.9. The quantitative estimate of drug-likeness (QED) is 0.811. The van der Waals surface area contributed by atoms with Gasteiger partial charge in [-0.05, 0) is 25.3 Å². The molecule has 1 aliphatic rings. The van der Waals surface area contributed by atoms with Gasteiger partial charge in [-0.25, -0.2) is 0 Å². The van der Waals surface area contributed by atoms with Gasteiger partial charge in [0, 0.05) is 18.4 Å². The van der Waals surface area contributed by atoms with Gasteiger partial charge in [0.2, 0.25) is 0 Å². The molecule has 0 saturated heterocycles. The zero-order valence-corrected chi connectivity index (χ0v) is 9.12. The Morgan fingerprint density at radius 2 is 1.93 bits per heavy atom. The minimum absolute atomic E-state index is 0.162. The molecule has 15 heavy (non-hydrogen) atoms. The lowest BCUT2D eigenvalue weighted by Crippen LogP contribution is -2.26. The monoisotopic (exact) mass is 203 g/mol. The lowest BCUT2D eigenvalue weighted by Gasteiger charge is -2.10. The number of benzene rings is 1. The van der Waals surface area contributed by atoms with E-state index in [0.29, 0.717) is 18.7 Å². The van der Waals surface area contributed by atoms with Gasteiger partial charge in [0.15, 0.2) is 0 Å². The van der Waals surface area contributed by atoms with Crippen LogP contribution < -0.4 is 5.73 Å². The topological polar surface area (TPSA) is 43.1 Å². The summed E-state index contributed by atoms with van der Waals surface area (Å²) in [5.74, 6) is 0.314. The molecule has 1 saturated carbocycles. The fraction of sp³-hybridized carbons (Fsp3) is 0.462. The number of ketones is 1. The number of nitrogens with two attached hydrogens (primary N) is 1. The third-order valence-corrected chi connectivity index (χ3v) is 3.32. The number of aryl methyl sites for hydroxylation is 1. The summed E-state index contributed by atoms with van der Waals surface area (Å²) in [7, 11) is 0. The van der Waals surface area contributed by atoms with Gasteiger partial charge < -0.3 is 5.73 Å². The molecular formula is C13H17NO. The summed E-state index contributed by atoms with van der Waals surface area (Å²) in [6.07, 6.45) is 2.50. The predicted octanol–water partition coefficient (Wildman–Crippen LogP) is 1.85. The van der Waals surface area contributed by atoms with E-state index in [1.807, 2.05) is 31.2 Å². The number of rotatable bonds is 4. The first-order valence-corrected chi connectivity index (χ1v) is 5.45. The second-order valence-corrected chi connectivity index (χ2v) is 4.57. The van der Waals surface area contributed by atoms with Crippen molar-refractivity contribution in [2.75, 3.05) is 6.54 Å². The van der Waals surface area contributed by atoms with E-state index in [1.54, 1.807) is 0 Å². The van der Waals surface area contributed by atoms with E-state index < -0.39 is 0 Å². The molecule has 1 aromatic rings. The lowest BCUT2D eigenvalue weighted by atomic mass is 9.95. The van der Waals surface area contributed by atoms with Crippen LogP contribution in [-0.4, -0.2) is 12.3 Å². The third kappa shape index (κ3) is 2.10. The Labute approximate surface area is 90.5 Å². The van der Waals surface area contributed by atoms with Crippen molar-refractivity contribution < 1.29 is 4.79 Å². The molecule has 0 spiro atoms. The second kappa shape index (κ2) is 3.78. The highest BCUT2D eigenvalue weighted by Crippen LogP contribution is 2.45. The average Bonchev–Trinajstić information content (AvgIpc) is 3.02. The first-order chi connectivity index (χ1) is 7.16. The number of carbonyl (C=O) groups is 1. The van der Waals surface area contributed by atoms with E-state index in [9.17, 15) is 4.79 Å². The predicted molar refractivity (Wildman–Crippen MR) is 60.6 cm³/mol. The fourth-order valence-electron chi connectivity index (χ4n) is 1.83. The van der Waals surface area contributed by atoms with Crippen LogP contribution >= 0.6 is 0 Å². The van der Waals surface area contributed by atoms with Crippen molar-refractivity contribution in [3.8, 4) is 0 Å². The molecule has 0 radical (unpaired) electrons. The van der Waals surface area contributed by atoms with Crippen molar-refractivity contribution in [1.29, 1.82) is 0 Å². The molecule has 0 bridgehead atoms. The number of hydrogen-bond acceptors (Lipinski definition) is 2. The van der Waals surface area contributed by atoms with E-state index in [2.05, 4.69) is 0 Å². The summed E-state index contributed by atoms with van der Waals surface area (Å²) >= 11 is 0. The summed E-state index contributed by atoms with van der Waals surface area (Å²) < 4.78 is 0. The van der Waals surface area contributed by atoms with Crippen molar-refractivity contribution in [2.45, 2.75) is 26.2 Å². The SMILES string of the molecule is Cc1ccc(CC(=O)C2(CN)CC2)cc1. The van der Waals surface area contributed by atoms with Crippen molar-refractivity contribution in [2.24, 2.45) is 11.1 Å². The summed E-state index contributed by atoms with van der Waals surface area (Å²) in [5, 5.41) is 0. The Balaban J connectivity index is 2.03. The van der Waals surface area contributed by atoms with Crippen LogP contribution in [0.2, 0.25) is 0 Å². The van der Waals surface area contributed by atoms with Crippen molar-refractivity contribution >= 4 is 5.78 Å². The maximum Gasteiger partial charge on any atom is 0.144 e. The van der Waals surface area contributed by atoms with Gasteiger partial charge in [0.25, 0.3) is 0 Å². The maximum absolute atomic E-state index is 11.9. The van der Waals surface area contributed by atoms with E-state index in [0.717, 1.165) is 18.4 Å². The summed E-state index contributed by atoms with van der Waals surface area (Å²) in [6, 6.07) is 8.15. The highest BCUT2D eigenvalue weighted by molar-refractivity contribution is 5.89. The molecule has 80 valence electrons. The average molecular weight is 203 g/mol. The highest BCUT2D eigenvalue weighted by Gasteiger charge is 2.47. The molecule has 0 aliphatic heterocycles. The van der Waals surface area contributed by atoms with Crippen molar-refractivity contribution in [3.05, 3.63) is 35.4 Å². The Hall–Kier alpha value is -1.15. The number of hydrogen-bond donors (Lipinski definition) is 1. The molecule has 1 aliphatic carbocycles. The molecule has 2 rings (SSSR count). The minimum atomic E-state index is -0.162. The molecular weight excluding hydrogens is 186 g/mol. The zero-order valence-electron chi connectivity index (χ0n) is 9.12. The Bertz CT molecular complexity index is 363. The van der Waals surface area contributed by atoms with Crippen LogP contribution in [0.4, 0.5) is 0 Å². The van der Waals surface area contributed by atoms with Gasteiger partial charge >= 0.3 is 0 Å². The van der Waals surface area contributed by atoms with Crippen LogP contribution in [0.15, 0.2) is 24.3 Å². The van der Waals surface area contributed by atoms with Gasteiger partial charge in [-0.1, -0.05) is 29.8 Å². The molecule has 1 fully saturated rings. The van der Waals surface area contributed by atoms with Crippen LogP contribution in [-0.2, 0) is 11.2 Å². The van der Waals surface area contributed by atoms with Gasteiger partial charge in [-0.2, -0.15) is 0 Å². The molecule has 0 atom stereocenters. The summed E-state index contributed by atoms with van der Waals surface area (Å²) in [6.45, 7) is 2.56. The number of Topliss-reactive ketones (excluding diaryl/α,β-unsaturated/α-hetero) is 1. The second-order valence-electron chi connectivity index (χ2n) is 4.57. The van der Waals surface area contributed by atoms with Crippen molar-refractivity contribution in [1.82, 2.24) is 0 Å². The van der Waals surface area contributed by atoms with Crippen molar-refractivity contribution in [3.63, 3.8) is 0 Å². The largest absolute Gasteiger partial charge is 0.329 e. The summed E-state index contributed by atoms with van der Waals surface area (Å²) in [4.78, 5) is 11.9. The van der Waals surface area contributed by atoms with E-state index in [-0.39, 0.29) is 5.41 Å². The molecule has 0 unspecified atom stereocenters.